The lowest BCUT2D eigenvalue weighted by Crippen LogP contribution is -2.24. The lowest BCUT2D eigenvalue weighted by molar-refractivity contribution is 0.283. The Labute approximate surface area is 208 Å². The topological polar surface area (TPSA) is 29.5 Å². The van der Waals surface area contributed by atoms with Crippen LogP contribution in [0.25, 0.3) is 0 Å². The van der Waals surface area contributed by atoms with E-state index in [0.29, 0.717) is 15.2 Å². The monoisotopic (exact) mass is 476 g/mol. The third-order valence-corrected chi connectivity index (χ3v) is 8.42. The van der Waals surface area contributed by atoms with Crippen LogP contribution in [0.2, 0.25) is 0 Å². The number of hydrogen-bond acceptors (Lipinski definition) is 2. The van der Waals surface area contributed by atoms with Gasteiger partial charge in [0.2, 0.25) is 0 Å². The summed E-state index contributed by atoms with van der Waals surface area (Å²) in [6.45, 7) is 14.3. The zero-order valence-electron chi connectivity index (χ0n) is 21.7. The molecule has 3 aromatic carbocycles. The van der Waals surface area contributed by atoms with Gasteiger partial charge in [0.05, 0.1) is 6.61 Å². The third kappa shape index (κ3) is 6.49. The van der Waals surface area contributed by atoms with E-state index in [2.05, 4.69) is 90.1 Å². The molecule has 0 radical (unpaired) electrons. The van der Waals surface area contributed by atoms with E-state index in [1.54, 1.807) is 0 Å². The van der Waals surface area contributed by atoms with Crippen LogP contribution in [0.3, 0.4) is 0 Å². The fourth-order valence-electron chi connectivity index (χ4n) is 4.41. The zero-order valence-corrected chi connectivity index (χ0v) is 22.7. The van der Waals surface area contributed by atoms with Gasteiger partial charge in [0.1, 0.15) is 12.4 Å². The number of ether oxygens (including phenoxy) is 1. The predicted molar refractivity (Wildman–Crippen MR) is 148 cm³/mol. The summed E-state index contributed by atoms with van der Waals surface area (Å²) in [5.74, 6) is 1.02. The molecule has 0 aliphatic rings. The Morgan fingerprint density at radius 1 is 0.912 bits per heavy atom. The smallest absolute Gasteiger partial charge is 0.126 e. The first-order valence-electron chi connectivity index (χ1n) is 12.5. The maximum Gasteiger partial charge on any atom is 0.126 e. The molecule has 0 amide bonds. The molecule has 3 aromatic rings. The molecule has 0 spiro atoms. The van der Waals surface area contributed by atoms with Gasteiger partial charge >= 0.3 is 0 Å². The van der Waals surface area contributed by atoms with Crippen LogP contribution in [0.1, 0.15) is 81.7 Å². The SMILES string of the molecule is CCCCC(C)(Pc1ccccc1CO)c1cc(C(C)(C)C)cc(C)c1OCc1ccccc1. The minimum Gasteiger partial charge on any atom is -0.488 e. The second kappa shape index (κ2) is 11.5. The second-order valence-electron chi connectivity index (χ2n) is 10.6. The Balaban J connectivity index is 2.13. The summed E-state index contributed by atoms with van der Waals surface area (Å²) in [6.07, 6.45) is 3.39. The quantitative estimate of drug-likeness (QED) is 0.303. The molecule has 3 heteroatoms. The molecular weight excluding hydrogens is 435 g/mol. The molecule has 2 atom stereocenters. The first-order chi connectivity index (χ1) is 16.2. The summed E-state index contributed by atoms with van der Waals surface area (Å²) < 4.78 is 6.60. The highest BCUT2D eigenvalue weighted by Crippen LogP contribution is 2.50. The van der Waals surface area contributed by atoms with E-state index in [1.165, 1.54) is 27.6 Å². The highest BCUT2D eigenvalue weighted by atomic mass is 31.1. The molecular formula is C31H41O2P. The molecule has 0 saturated carbocycles. The van der Waals surface area contributed by atoms with E-state index in [0.717, 1.165) is 30.6 Å². The average molecular weight is 477 g/mol. The molecule has 1 N–H and O–H groups in total. The van der Waals surface area contributed by atoms with Crippen LogP contribution in [0.5, 0.6) is 5.75 Å². The van der Waals surface area contributed by atoms with Gasteiger partial charge in [0, 0.05) is 10.7 Å². The van der Waals surface area contributed by atoms with Crippen molar-refractivity contribution >= 4 is 13.9 Å². The fourth-order valence-corrected chi connectivity index (χ4v) is 6.13. The largest absolute Gasteiger partial charge is 0.488 e. The third-order valence-electron chi connectivity index (χ3n) is 6.59. The molecule has 2 nitrogen and oxygen atoms in total. The summed E-state index contributed by atoms with van der Waals surface area (Å²) >= 11 is 0. The van der Waals surface area contributed by atoms with Gasteiger partial charge in [0.25, 0.3) is 0 Å². The molecule has 182 valence electrons. The van der Waals surface area contributed by atoms with Crippen LogP contribution in [-0.4, -0.2) is 5.11 Å². The molecule has 0 bridgehead atoms. The van der Waals surface area contributed by atoms with E-state index >= 15 is 0 Å². The molecule has 0 aliphatic carbocycles. The maximum absolute atomic E-state index is 10.0. The van der Waals surface area contributed by atoms with E-state index in [4.69, 9.17) is 4.74 Å². The fraction of sp³-hybridized carbons (Fsp3) is 0.419. The Hall–Kier alpha value is -2.15. The average Bonchev–Trinajstić information content (AvgIpc) is 2.82. The lowest BCUT2D eigenvalue weighted by atomic mass is 9.82. The van der Waals surface area contributed by atoms with Crippen LogP contribution >= 0.6 is 8.58 Å². The standard InChI is InChI=1S/C31H41O2P/c1-7-8-18-31(6,34-28-17-13-12-16-25(28)21-32)27-20-26(30(3,4)5)19-23(2)29(27)33-22-24-14-10-9-11-15-24/h9-17,19-20,32,34H,7-8,18,21-22H2,1-6H3. The van der Waals surface area contributed by atoms with Crippen molar-refractivity contribution in [3.8, 4) is 5.75 Å². The number of aliphatic hydroxyl groups excluding tert-OH is 1. The van der Waals surface area contributed by atoms with Crippen LogP contribution in [0.15, 0.2) is 66.7 Å². The Kier molecular flexibility index (Phi) is 8.96. The van der Waals surface area contributed by atoms with Gasteiger partial charge in [-0.05, 0) is 46.3 Å². The summed E-state index contributed by atoms with van der Waals surface area (Å²) in [4.78, 5) is 0. The molecule has 0 aromatic heterocycles. The zero-order chi connectivity index (χ0) is 24.8. The van der Waals surface area contributed by atoms with Crippen molar-refractivity contribution in [1.29, 1.82) is 0 Å². The summed E-state index contributed by atoms with van der Waals surface area (Å²) in [5, 5.41) is 11.2. The summed E-state index contributed by atoms with van der Waals surface area (Å²) in [7, 11) is 0.545. The number of benzene rings is 3. The normalized spacial score (nSPS) is 13.9. The molecule has 3 rings (SSSR count). The van der Waals surface area contributed by atoms with Gasteiger partial charge in [-0.3, -0.25) is 0 Å². The van der Waals surface area contributed by atoms with Crippen molar-refractivity contribution < 1.29 is 9.84 Å². The van der Waals surface area contributed by atoms with Crippen molar-refractivity contribution in [3.05, 3.63) is 94.5 Å². The van der Waals surface area contributed by atoms with Crippen LogP contribution in [0.4, 0.5) is 0 Å². The predicted octanol–water partition coefficient (Wildman–Crippen LogP) is 7.77. The number of rotatable bonds is 10. The first kappa shape index (κ1) is 26.5. The van der Waals surface area contributed by atoms with Crippen LogP contribution in [-0.2, 0) is 23.8 Å². The minimum absolute atomic E-state index is 0.0508. The Morgan fingerprint density at radius 3 is 2.24 bits per heavy atom. The van der Waals surface area contributed by atoms with Gasteiger partial charge < -0.3 is 9.84 Å². The minimum atomic E-state index is -0.0840. The highest BCUT2D eigenvalue weighted by molar-refractivity contribution is 7.48. The number of aryl methyl sites for hydroxylation is 1. The molecule has 0 fully saturated rings. The highest BCUT2D eigenvalue weighted by Gasteiger charge is 2.33. The van der Waals surface area contributed by atoms with Crippen molar-refractivity contribution in [3.63, 3.8) is 0 Å². The second-order valence-corrected chi connectivity index (χ2v) is 12.5. The number of hydrogen-bond donors (Lipinski definition) is 1. The molecule has 2 unspecified atom stereocenters. The van der Waals surface area contributed by atoms with E-state index < -0.39 is 0 Å². The van der Waals surface area contributed by atoms with Crippen molar-refractivity contribution in [2.75, 3.05) is 0 Å². The van der Waals surface area contributed by atoms with Gasteiger partial charge in [-0.1, -0.05) is 123 Å². The van der Waals surface area contributed by atoms with Gasteiger partial charge in [0.15, 0.2) is 0 Å². The van der Waals surface area contributed by atoms with Crippen molar-refractivity contribution in [2.24, 2.45) is 0 Å². The first-order valence-corrected chi connectivity index (χ1v) is 13.5. The van der Waals surface area contributed by atoms with E-state index in [1.807, 2.05) is 18.2 Å². The summed E-state index contributed by atoms with van der Waals surface area (Å²) in [6, 6.07) is 23.4. The Morgan fingerprint density at radius 2 is 1.59 bits per heavy atom. The number of aliphatic hydroxyl groups is 1. The van der Waals surface area contributed by atoms with Crippen molar-refractivity contribution in [2.45, 2.75) is 84.6 Å². The molecule has 0 heterocycles. The van der Waals surface area contributed by atoms with E-state index in [9.17, 15) is 5.11 Å². The van der Waals surface area contributed by atoms with Gasteiger partial charge in [-0.2, -0.15) is 0 Å². The Bertz CT molecular complexity index is 1070. The van der Waals surface area contributed by atoms with Crippen LogP contribution in [0, 0.1) is 6.92 Å². The maximum atomic E-state index is 10.0. The molecule has 0 aliphatic heterocycles. The van der Waals surface area contributed by atoms with E-state index in [-0.39, 0.29) is 17.2 Å². The van der Waals surface area contributed by atoms with Crippen molar-refractivity contribution in [1.82, 2.24) is 0 Å². The summed E-state index contributed by atoms with van der Waals surface area (Å²) in [5.41, 5.74) is 6.09. The lowest BCUT2D eigenvalue weighted by Gasteiger charge is -2.35. The van der Waals surface area contributed by atoms with Gasteiger partial charge in [-0.15, -0.1) is 0 Å². The number of unbranched alkanes of at least 4 members (excludes halogenated alkanes) is 1. The van der Waals surface area contributed by atoms with Crippen LogP contribution < -0.4 is 10.0 Å². The molecule has 34 heavy (non-hydrogen) atoms. The molecule has 0 saturated heterocycles. The van der Waals surface area contributed by atoms with Gasteiger partial charge in [-0.25, -0.2) is 0 Å².